The van der Waals surface area contributed by atoms with Crippen molar-refractivity contribution in [2.75, 3.05) is 31.6 Å². The highest BCUT2D eigenvalue weighted by Crippen LogP contribution is 2.25. The molecule has 514 valence electrons. The molecule has 25 heteroatoms. The van der Waals surface area contributed by atoms with Crippen LogP contribution >= 0.6 is 0 Å². The van der Waals surface area contributed by atoms with E-state index in [-0.39, 0.29) is 62.9 Å². The summed E-state index contributed by atoms with van der Waals surface area (Å²) in [7, 11) is 0. The van der Waals surface area contributed by atoms with Crippen molar-refractivity contribution >= 4 is 41.5 Å². The van der Waals surface area contributed by atoms with Gasteiger partial charge in [0.05, 0.1) is 19.3 Å². The first-order valence-corrected chi connectivity index (χ1v) is 33.4. The molecule has 3 rings (SSSR count). The molecule has 0 saturated carbocycles. The van der Waals surface area contributed by atoms with E-state index in [1.807, 2.05) is 12.1 Å². The number of benzene rings is 2. The minimum Gasteiger partial charge on any atom is -0.460 e. The second kappa shape index (κ2) is 47.7. The van der Waals surface area contributed by atoms with Gasteiger partial charge < -0.3 is 76.8 Å². The molecule has 3 unspecified atom stereocenters. The van der Waals surface area contributed by atoms with Crippen LogP contribution in [-0.2, 0) is 51.2 Å². The molecule has 1 saturated heterocycles. The summed E-state index contributed by atoms with van der Waals surface area (Å²) in [6.45, 7) is 4.52. The molecular formula is C66H108FN9O15. The lowest BCUT2D eigenvalue weighted by molar-refractivity contribution is -0.303. The summed E-state index contributed by atoms with van der Waals surface area (Å²) in [4.78, 5) is 81.7. The third kappa shape index (κ3) is 34.3. The van der Waals surface area contributed by atoms with Crippen molar-refractivity contribution in [3.8, 4) is 0 Å². The Bertz CT molecular complexity index is 2410. The third-order valence-corrected chi connectivity index (χ3v) is 16.2. The van der Waals surface area contributed by atoms with Crippen molar-refractivity contribution in [1.82, 2.24) is 21.3 Å². The van der Waals surface area contributed by atoms with Crippen molar-refractivity contribution < 1.29 is 77.6 Å². The molecule has 0 aliphatic carbocycles. The topological polar surface area (TPSA) is 375 Å². The van der Waals surface area contributed by atoms with Crippen LogP contribution in [0.5, 0.6) is 0 Å². The van der Waals surface area contributed by atoms with Crippen molar-refractivity contribution in [3.05, 3.63) is 75.9 Å². The highest BCUT2D eigenvalue weighted by Gasteiger charge is 2.45. The number of aryl methyl sites for hydroxylation is 1. The van der Waals surface area contributed by atoms with Gasteiger partial charge in [0.15, 0.2) is 6.29 Å². The van der Waals surface area contributed by atoms with Crippen LogP contribution in [0.2, 0.25) is 0 Å². The summed E-state index contributed by atoms with van der Waals surface area (Å²) in [5.74, 6) is -2.67. The van der Waals surface area contributed by atoms with Gasteiger partial charge >= 0.3 is 18.1 Å². The van der Waals surface area contributed by atoms with Crippen molar-refractivity contribution in [3.63, 3.8) is 0 Å². The molecule has 0 spiro atoms. The first-order chi connectivity index (χ1) is 43.9. The molecule has 24 nitrogen and oxygen atoms in total. The number of hydrogen-bond acceptors (Lipinski definition) is 16. The van der Waals surface area contributed by atoms with Crippen LogP contribution < -0.4 is 32.3 Å². The van der Waals surface area contributed by atoms with E-state index in [4.69, 9.17) is 30.2 Å². The number of nitrogens with zero attached hydrogens (tertiary/aromatic N) is 3. The fourth-order valence-corrected chi connectivity index (χ4v) is 10.7. The number of halogens is 1. The molecule has 2 aromatic carbocycles. The Balaban J connectivity index is 1.71. The zero-order valence-corrected chi connectivity index (χ0v) is 54.1. The Morgan fingerprint density at radius 3 is 1.88 bits per heavy atom. The molecule has 0 aromatic heterocycles. The lowest BCUT2D eigenvalue weighted by atomic mass is 9.98. The Labute approximate surface area is 537 Å². The van der Waals surface area contributed by atoms with Crippen LogP contribution in [-0.4, -0.2) is 149 Å². The van der Waals surface area contributed by atoms with E-state index >= 15 is 0 Å². The summed E-state index contributed by atoms with van der Waals surface area (Å²) in [6.07, 6.45) is 12.1. The molecule has 10 atom stereocenters. The van der Waals surface area contributed by atoms with Gasteiger partial charge in [-0.05, 0) is 105 Å². The lowest BCUT2D eigenvalue weighted by Crippen LogP contribution is -2.60. The van der Waals surface area contributed by atoms with Gasteiger partial charge in [0, 0.05) is 36.5 Å². The van der Waals surface area contributed by atoms with E-state index in [1.165, 1.54) is 50.7 Å². The number of azide groups is 1. The maximum atomic E-state index is 13.8. The van der Waals surface area contributed by atoms with Crippen LogP contribution in [0.4, 0.5) is 19.7 Å². The Morgan fingerprint density at radius 1 is 0.692 bits per heavy atom. The Kier molecular flexibility index (Phi) is 41.4. The fourth-order valence-electron chi connectivity index (χ4n) is 10.7. The SMILES string of the molecule is CCCCCCCCCCCCCC[C@@H](OC(=O)CCCCCCCCCCc1ccc(F)cc1)[C@@H](O)[C@H](CO[C@H]1OC(CO)[C@H](O)[C@H](O)C1O)NC(=O)OCc1ccc(NC(=O)[C@H](CCCNC(N)=O)NC(=O)C(NC(=O)CCCCCN=[N+]=[N-])C(C)C)cc1. The maximum absolute atomic E-state index is 13.8. The van der Waals surface area contributed by atoms with Gasteiger partial charge in [-0.25, -0.2) is 14.0 Å². The number of alkyl carbamates (subject to hydrolysis) is 1. The zero-order valence-electron chi connectivity index (χ0n) is 54.1. The number of hydrogen-bond donors (Lipinski definition) is 11. The van der Waals surface area contributed by atoms with Crippen LogP contribution in [0.3, 0.4) is 0 Å². The average molecular weight is 1290 g/mol. The predicted octanol–water partition coefficient (Wildman–Crippen LogP) is 9.24. The van der Waals surface area contributed by atoms with Gasteiger partial charge in [0.2, 0.25) is 17.7 Å². The second-order valence-electron chi connectivity index (χ2n) is 24.2. The summed E-state index contributed by atoms with van der Waals surface area (Å²) in [6, 6.07) is 8.62. The number of carbonyl (C=O) groups excluding carboxylic acids is 6. The lowest BCUT2D eigenvalue weighted by Gasteiger charge is -2.40. The van der Waals surface area contributed by atoms with E-state index in [9.17, 15) is 58.7 Å². The normalized spacial score (nSPS) is 18.0. The molecule has 0 bridgehead atoms. The second-order valence-corrected chi connectivity index (χ2v) is 24.2. The summed E-state index contributed by atoms with van der Waals surface area (Å²) < 4.78 is 36.3. The number of aliphatic hydroxyl groups excluding tert-OH is 5. The number of unbranched alkanes of at least 4 members (excludes halogenated alkanes) is 20. The smallest absolute Gasteiger partial charge is 0.407 e. The quantitative estimate of drug-likeness (QED) is 0.00966. The maximum Gasteiger partial charge on any atom is 0.407 e. The monoisotopic (exact) mass is 1290 g/mol. The number of ether oxygens (including phenoxy) is 4. The average Bonchev–Trinajstić information content (AvgIpc) is 1.23. The molecule has 2 aromatic rings. The highest BCUT2D eigenvalue weighted by molar-refractivity contribution is 5.98. The van der Waals surface area contributed by atoms with Gasteiger partial charge in [0.25, 0.3) is 0 Å². The molecular weight excluding hydrogens is 1180 g/mol. The van der Waals surface area contributed by atoms with E-state index in [0.29, 0.717) is 49.9 Å². The van der Waals surface area contributed by atoms with Gasteiger partial charge in [-0.1, -0.05) is 166 Å². The number of primary amides is 1. The zero-order chi connectivity index (χ0) is 66.6. The van der Waals surface area contributed by atoms with Gasteiger partial charge in [-0.15, -0.1) is 0 Å². The molecule has 1 aliphatic rings. The first kappa shape index (κ1) is 79.1. The predicted molar refractivity (Wildman–Crippen MR) is 343 cm³/mol. The number of rotatable bonds is 50. The van der Waals surface area contributed by atoms with Crippen molar-refractivity contribution in [2.45, 2.75) is 275 Å². The number of carbonyl (C=O) groups is 6. The van der Waals surface area contributed by atoms with Crippen molar-refractivity contribution in [2.24, 2.45) is 16.8 Å². The van der Waals surface area contributed by atoms with Gasteiger partial charge in [-0.2, -0.15) is 0 Å². The molecule has 1 fully saturated rings. The Morgan fingerprint density at radius 2 is 1.27 bits per heavy atom. The summed E-state index contributed by atoms with van der Waals surface area (Å²) in [5.41, 5.74) is 15.6. The molecule has 0 radical (unpaired) electrons. The standard InChI is InChI=1S/C66H108FN9O15/c1-4-5-6-7-8-9-10-11-12-16-19-23-30-53(90-56(79)32-25-20-17-14-13-15-18-22-28-47-33-37-49(67)38-34-47)58(80)52(45-88-64-61(83)60(82)59(81)54(43-77)91-64)74-66(87)89-44-48-35-39-50(40-36-48)72-62(84)51(29-27-41-70-65(68)86)73-63(85)57(46(2)3)75-55(78)31-24-21-26-42-71-76-69/h33-40,46,51-54,57-61,64,77,80-83H,4-32,41-45H2,1-3H3,(H,72,84)(H,73,85)(H,74,87)(H,75,78)(H3,68,70,86)/t51-,52-,53+,54?,57?,58-,59-,60-,61?,64-/m0/s1. The van der Waals surface area contributed by atoms with Crippen LogP contribution in [0.15, 0.2) is 53.6 Å². The third-order valence-electron chi connectivity index (χ3n) is 16.2. The molecule has 1 heterocycles. The fraction of sp³-hybridized carbons (Fsp3) is 0.727. The van der Waals surface area contributed by atoms with Crippen molar-refractivity contribution in [1.29, 1.82) is 0 Å². The number of esters is 1. The molecule has 1 aliphatic heterocycles. The number of nitrogens with one attached hydrogen (secondary N) is 5. The first-order valence-electron chi connectivity index (χ1n) is 33.4. The number of amides is 6. The largest absolute Gasteiger partial charge is 0.460 e. The van der Waals surface area contributed by atoms with Gasteiger partial charge in [0.1, 0.15) is 61.1 Å². The highest BCUT2D eigenvalue weighted by atomic mass is 19.1. The number of anilines is 1. The van der Waals surface area contributed by atoms with E-state index in [0.717, 1.165) is 89.0 Å². The van der Waals surface area contributed by atoms with Gasteiger partial charge in [-0.3, -0.25) is 19.2 Å². The molecule has 12 N–H and O–H groups in total. The van der Waals surface area contributed by atoms with E-state index in [1.54, 1.807) is 38.1 Å². The minimum atomic E-state index is -1.80. The number of nitrogens with two attached hydrogens (primary N) is 1. The van der Waals surface area contributed by atoms with Crippen LogP contribution in [0.25, 0.3) is 10.4 Å². The van der Waals surface area contributed by atoms with Crippen LogP contribution in [0, 0.1) is 11.7 Å². The summed E-state index contributed by atoms with van der Waals surface area (Å²) >= 11 is 0. The van der Waals surface area contributed by atoms with E-state index < -0.39 is 104 Å². The summed E-state index contributed by atoms with van der Waals surface area (Å²) in [5, 5.41) is 70.6. The minimum absolute atomic E-state index is 0.0829. The van der Waals surface area contributed by atoms with E-state index in [2.05, 4.69) is 43.5 Å². The molecule has 91 heavy (non-hydrogen) atoms. The number of urea groups is 1. The Hall–Kier alpha value is -6.18. The number of aliphatic hydroxyl groups is 5. The molecule has 6 amide bonds. The van der Waals surface area contributed by atoms with Crippen LogP contribution in [0.1, 0.15) is 212 Å².